The third-order valence-corrected chi connectivity index (χ3v) is 12.9. The molecule has 0 amide bonds. The van der Waals surface area contributed by atoms with Crippen LogP contribution in [0.2, 0.25) is 0 Å². The molecule has 1 nitrogen and oxygen atoms in total. The van der Waals surface area contributed by atoms with E-state index < -0.39 is 0 Å². The molecule has 2 aromatic heterocycles. The van der Waals surface area contributed by atoms with Crippen LogP contribution in [0.15, 0.2) is 174 Å². The predicted octanol–water partition coefficient (Wildman–Crippen LogP) is 15.6. The Morgan fingerprint density at radius 1 is 0.444 bits per heavy atom. The Kier molecular flexibility index (Phi) is 6.40. The molecule has 2 heteroatoms. The first-order valence-electron chi connectivity index (χ1n) is 18.8. The summed E-state index contributed by atoms with van der Waals surface area (Å²) in [4.78, 5) is 0. The van der Waals surface area contributed by atoms with Crippen LogP contribution in [0, 0.1) is 0 Å². The third-order valence-electron chi connectivity index (χ3n) is 11.7. The molecular weight excluding hydrogens is 673 g/mol. The second-order valence-electron chi connectivity index (χ2n) is 14.6. The smallest absolute Gasteiger partial charge is 0.136 e. The van der Waals surface area contributed by atoms with Gasteiger partial charge in [-0.3, -0.25) is 0 Å². The lowest BCUT2D eigenvalue weighted by molar-refractivity contribution is 0.669. The lowest BCUT2D eigenvalue weighted by Gasteiger charge is -2.20. The van der Waals surface area contributed by atoms with Crippen LogP contribution in [0.25, 0.3) is 113 Å². The van der Waals surface area contributed by atoms with Crippen molar-refractivity contribution in [2.24, 2.45) is 0 Å². The molecule has 1 aliphatic carbocycles. The van der Waals surface area contributed by atoms with Gasteiger partial charge in [-0.15, -0.1) is 11.3 Å². The van der Waals surface area contributed by atoms with Crippen LogP contribution in [-0.2, 0) is 0 Å². The van der Waals surface area contributed by atoms with E-state index in [1.54, 1.807) is 0 Å². The maximum absolute atomic E-state index is 6.62. The van der Waals surface area contributed by atoms with Gasteiger partial charge in [-0.05, 0) is 114 Å². The molecule has 0 radical (unpaired) electrons. The van der Waals surface area contributed by atoms with Gasteiger partial charge in [0.25, 0.3) is 0 Å². The van der Waals surface area contributed by atoms with Crippen LogP contribution >= 0.6 is 11.3 Å². The Balaban J connectivity index is 1.09. The van der Waals surface area contributed by atoms with Crippen molar-refractivity contribution in [2.45, 2.75) is 12.8 Å². The summed E-state index contributed by atoms with van der Waals surface area (Å²) < 4.78 is 9.26. The summed E-state index contributed by atoms with van der Waals surface area (Å²) in [7, 11) is 0. The lowest BCUT2D eigenvalue weighted by atomic mass is 9.83. The van der Waals surface area contributed by atoms with Crippen LogP contribution in [0.3, 0.4) is 0 Å². The van der Waals surface area contributed by atoms with Crippen molar-refractivity contribution >= 4 is 102 Å². The number of hydrogen-bond acceptors (Lipinski definition) is 2. The highest BCUT2D eigenvalue weighted by Crippen LogP contribution is 2.48. The van der Waals surface area contributed by atoms with Gasteiger partial charge >= 0.3 is 0 Å². The summed E-state index contributed by atoms with van der Waals surface area (Å²) in [6, 6.07) is 56.3. The first kappa shape index (κ1) is 30.0. The first-order chi connectivity index (χ1) is 26.8. The molecule has 252 valence electrons. The number of rotatable bonds is 3. The molecule has 12 rings (SSSR count). The maximum atomic E-state index is 6.62. The normalized spacial score (nSPS) is 13.4. The average Bonchev–Trinajstić information content (AvgIpc) is 3.80. The summed E-state index contributed by atoms with van der Waals surface area (Å²) in [5, 5.41) is 15.1. The molecule has 1 aliphatic rings. The van der Waals surface area contributed by atoms with Gasteiger partial charge in [0.15, 0.2) is 0 Å². The molecule has 0 N–H and O–H groups in total. The quantitative estimate of drug-likeness (QED) is 0.167. The van der Waals surface area contributed by atoms with Crippen molar-refractivity contribution in [3.63, 3.8) is 0 Å². The first-order valence-corrected chi connectivity index (χ1v) is 19.6. The third kappa shape index (κ3) is 4.32. The fourth-order valence-electron chi connectivity index (χ4n) is 9.29. The lowest BCUT2D eigenvalue weighted by Crippen LogP contribution is -1.94. The molecule has 0 atom stereocenters. The Bertz CT molecular complexity index is 3390. The highest BCUT2D eigenvalue weighted by atomic mass is 32.1. The second-order valence-corrected chi connectivity index (χ2v) is 15.7. The summed E-state index contributed by atoms with van der Waals surface area (Å²) in [6.07, 6.45) is 8.92. The van der Waals surface area contributed by atoms with Gasteiger partial charge in [0.05, 0.1) is 0 Å². The molecule has 11 aromatic rings. The van der Waals surface area contributed by atoms with Gasteiger partial charge in [0, 0.05) is 36.3 Å². The molecule has 0 bridgehead atoms. The summed E-state index contributed by atoms with van der Waals surface area (Å²) in [5.74, 6) is 0. The van der Waals surface area contributed by atoms with E-state index in [0.717, 1.165) is 34.8 Å². The van der Waals surface area contributed by atoms with Crippen molar-refractivity contribution in [1.82, 2.24) is 0 Å². The molecular formula is C52H32OS. The number of benzene rings is 9. The fourth-order valence-corrected chi connectivity index (χ4v) is 10.5. The maximum Gasteiger partial charge on any atom is 0.136 e. The molecule has 9 aromatic carbocycles. The zero-order valence-corrected chi connectivity index (χ0v) is 30.2. The van der Waals surface area contributed by atoms with Crippen LogP contribution in [0.4, 0.5) is 0 Å². The average molecular weight is 705 g/mol. The zero-order chi connectivity index (χ0) is 35.3. The molecule has 0 aliphatic heterocycles. The molecule has 0 saturated carbocycles. The monoisotopic (exact) mass is 704 g/mol. The van der Waals surface area contributed by atoms with E-state index in [1.807, 2.05) is 11.3 Å². The Morgan fingerprint density at radius 2 is 1.09 bits per heavy atom. The van der Waals surface area contributed by atoms with Crippen molar-refractivity contribution < 1.29 is 4.42 Å². The van der Waals surface area contributed by atoms with Crippen LogP contribution in [-0.4, -0.2) is 0 Å². The van der Waals surface area contributed by atoms with Crippen molar-refractivity contribution in [3.8, 4) is 22.3 Å². The van der Waals surface area contributed by atoms with E-state index in [2.05, 4.69) is 170 Å². The van der Waals surface area contributed by atoms with E-state index in [1.165, 1.54) is 96.7 Å². The molecule has 54 heavy (non-hydrogen) atoms. The van der Waals surface area contributed by atoms with Crippen LogP contribution in [0.1, 0.15) is 18.4 Å². The van der Waals surface area contributed by atoms with Gasteiger partial charge < -0.3 is 4.42 Å². The van der Waals surface area contributed by atoms with Gasteiger partial charge in [0.2, 0.25) is 0 Å². The van der Waals surface area contributed by atoms with Crippen molar-refractivity contribution in [3.05, 3.63) is 175 Å². The van der Waals surface area contributed by atoms with Crippen LogP contribution < -0.4 is 0 Å². The molecule has 0 fully saturated rings. The minimum atomic E-state index is 0.914. The van der Waals surface area contributed by atoms with Crippen molar-refractivity contribution in [2.75, 3.05) is 0 Å². The van der Waals surface area contributed by atoms with E-state index in [9.17, 15) is 0 Å². The van der Waals surface area contributed by atoms with Gasteiger partial charge in [0.1, 0.15) is 11.2 Å². The molecule has 2 heterocycles. The van der Waals surface area contributed by atoms with E-state index in [0.29, 0.717) is 0 Å². The molecule has 0 spiro atoms. The fraction of sp³-hybridized carbons (Fsp3) is 0.0385. The minimum Gasteiger partial charge on any atom is -0.456 e. The van der Waals surface area contributed by atoms with E-state index in [-0.39, 0.29) is 0 Å². The summed E-state index contributed by atoms with van der Waals surface area (Å²) in [5.41, 5.74) is 9.61. The standard InChI is InChI=1S/C52H32OS/c1-2-12-31(13-3-1)34-25-26-42(36-15-5-4-14-35(34)36)51-40-19-8-6-17-38(40)50(39-18-7-9-20-41(39)51)33-23-27-47-45(29-33)46-28-32-22-24-43-37-16-10-11-21-49(37)54-52(43)44(32)30-48(46)53-47/h1-2,4-12,14-30H,3,13H2. The Hall–Kier alpha value is -6.48. The SMILES string of the molecule is C1=CCCC(c2ccc(-c3c4ccccc4c(-c4ccc5oc6cc7c(ccc8c9ccccc9sc78)cc6c5c4)c4ccccc34)c3ccccc23)=C1. The zero-order valence-electron chi connectivity index (χ0n) is 29.4. The number of hydrogen-bond donors (Lipinski definition) is 0. The van der Waals surface area contributed by atoms with E-state index >= 15 is 0 Å². The van der Waals surface area contributed by atoms with E-state index in [4.69, 9.17) is 4.42 Å². The number of fused-ring (bicyclic) bond motifs is 11. The van der Waals surface area contributed by atoms with Crippen molar-refractivity contribution in [1.29, 1.82) is 0 Å². The molecule has 0 unspecified atom stereocenters. The van der Waals surface area contributed by atoms with Crippen LogP contribution in [0.5, 0.6) is 0 Å². The topological polar surface area (TPSA) is 13.1 Å². The van der Waals surface area contributed by atoms with Gasteiger partial charge in [-0.2, -0.15) is 0 Å². The summed E-state index contributed by atoms with van der Waals surface area (Å²) in [6.45, 7) is 0. The predicted molar refractivity (Wildman–Crippen MR) is 234 cm³/mol. The highest BCUT2D eigenvalue weighted by Gasteiger charge is 2.21. The summed E-state index contributed by atoms with van der Waals surface area (Å²) >= 11 is 1.87. The second kappa shape index (κ2) is 11.5. The van der Waals surface area contributed by atoms with Gasteiger partial charge in [-0.1, -0.05) is 140 Å². The number of furan rings is 1. The molecule has 0 saturated heterocycles. The highest BCUT2D eigenvalue weighted by molar-refractivity contribution is 7.26. The number of allylic oxidation sites excluding steroid dienone is 4. The largest absolute Gasteiger partial charge is 0.456 e. The minimum absolute atomic E-state index is 0.914. The Morgan fingerprint density at radius 3 is 1.83 bits per heavy atom. The number of thiophene rings is 1. The van der Waals surface area contributed by atoms with Gasteiger partial charge in [-0.25, -0.2) is 0 Å². The Labute approximate surface area is 315 Å².